The zero-order valence-corrected chi connectivity index (χ0v) is 16.1. The van der Waals surface area contributed by atoms with Crippen molar-refractivity contribution in [2.24, 2.45) is 0 Å². The number of hydrogen-bond acceptors (Lipinski definition) is 5. The summed E-state index contributed by atoms with van der Waals surface area (Å²) in [6.45, 7) is 1.90. The van der Waals surface area contributed by atoms with E-state index >= 15 is 0 Å². The van der Waals surface area contributed by atoms with Gasteiger partial charge < -0.3 is 14.8 Å². The molecule has 0 fully saturated rings. The highest BCUT2D eigenvalue weighted by atomic mass is 35.5. The van der Waals surface area contributed by atoms with Crippen LogP contribution in [0.5, 0.6) is 0 Å². The number of hydrogen-bond donors (Lipinski definition) is 2. The molecule has 0 spiro atoms. The third kappa shape index (κ3) is 3.26. The highest BCUT2D eigenvalue weighted by Gasteiger charge is 2.24. The highest BCUT2D eigenvalue weighted by molar-refractivity contribution is 7.15. The smallest absolute Gasteiger partial charge is 0.339 e. The molecule has 4 rings (SSSR count). The number of halogens is 1. The fourth-order valence-electron chi connectivity index (χ4n) is 2.82. The van der Waals surface area contributed by atoms with Crippen LogP contribution in [0.4, 0.5) is 5.00 Å². The molecule has 0 radical (unpaired) electrons. The van der Waals surface area contributed by atoms with Gasteiger partial charge in [0.15, 0.2) is 5.58 Å². The van der Waals surface area contributed by atoms with Crippen molar-refractivity contribution in [1.82, 2.24) is 4.98 Å². The Morgan fingerprint density at radius 3 is 2.68 bits per heavy atom. The minimum Gasteiger partial charge on any atom is -0.478 e. The minimum absolute atomic E-state index is 0.0276. The predicted octanol–water partition coefficient (Wildman–Crippen LogP) is 5.47. The normalized spacial score (nSPS) is 10.9. The van der Waals surface area contributed by atoms with Crippen LogP contribution in [0.2, 0.25) is 5.02 Å². The molecule has 2 heterocycles. The molecule has 1 amide bonds. The molecule has 2 aromatic heterocycles. The SMILES string of the molecule is Cc1ccc(-c2csc(NC(=O)c3nc4ccccc4o3)c2C(=O)O)c(Cl)c1. The summed E-state index contributed by atoms with van der Waals surface area (Å²) in [5, 5.41) is 14.6. The number of amides is 1. The number of carboxylic acids is 1. The fraction of sp³-hybridized carbons (Fsp3) is 0.0500. The van der Waals surface area contributed by atoms with Gasteiger partial charge in [0.2, 0.25) is 0 Å². The van der Waals surface area contributed by atoms with E-state index in [1.165, 1.54) is 0 Å². The molecule has 140 valence electrons. The Bertz CT molecular complexity index is 1200. The van der Waals surface area contributed by atoms with Gasteiger partial charge in [-0.15, -0.1) is 11.3 Å². The van der Waals surface area contributed by atoms with Gasteiger partial charge in [-0.25, -0.2) is 9.78 Å². The molecule has 0 aliphatic heterocycles. The molecule has 6 nitrogen and oxygen atoms in total. The van der Waals surface area contributed by atoms with Crippen LogP contribution in [-0.2, 0) is 0 Å². The number of carboxylic acid groups (broad SMARTS) is 1. The lowest BCUT2D eigenvalue weighted by Crippen LogP contribution is -2.13. The zero-order valence-electron chi connectivity index (χ0n) is 14.5. The van der Waals surface area contributed by atoms with Crippen LogP contribution in [-0.4, -0.2) is 22.0 Å². The van der Waals surface area contributed by atoms with Gasteiger partial charge in [-0.1, -0.05) is 35.9 Å². The average molecular weight is 413 g/mol. The second-order valence-electron chi connectivity index (χ2n) is 6.08. The van der Waals surface area contributed by atoms with Crippen molar-refractivity contribution in [1.29, 1.82) is 0 Å². The number of para-hydroxylation sites is 2. The molecule has 2 N–H and O–H groups in total. The zero-order chi connectivity index (χ0) is 19.8. The van der Waals surface area contributed by atoms with Gasteiger partial charge in [0, 0.05) is 21.5 Å². The van der Waals surface area contributed by atoms with E-state index in [1.54, 1.807) is 41.8 Å². The molecule has 4 aromatic rings. The molecule has 0 saturated carbocycles. The van der Waals surface area contributed by atoms with Gasteiger partial charge in [-0.05, 0) is 30.7 Å². The number of carbonyl (C=O) groups is 2. The molecule has 8 heteroatoms. The molecule has 0 saturated heterocycles. The van der Waals surface area contributed by atoms with E-state index in [9.17, 15) is 14.7 Å². The number of nitrogens with one attached hydrogen (secondary N) is 1. The monoisotopic (exact) mass is 412 g/mol. The van der Waals surface area contributed by atoms with Crippen LogP contribution in [0.15, 0.2) is 52.3 Å². The van der Waals surface area contributed by atoms with Gasteiger partial charge in [-0.3, -0.25) is 4.79 Å². The second-order valence-corrected chi connectivity index (χ2v) is 7.37. The van der Waals surface area contributed by atoms with E-state index in [2.05, 4.69) is 10.3 Å². The van der Waals surface area contributed by atoms with Crippen molar-refractivity contribution in [2.45, 2.75) is 6.92 Å². The molecular weight excluding hydrogens is 400 g/mol. The summed E-state index contributed by atoms with van der Waals surface area (Å²) in [5.74, 6) is -1.93. The first-order chi connectivity index (χ1) is 13.4. The number of thiophene rings is 1. The van der Waals surface area contributed by atoms with Crippen LogP contribution in [0, 0.1) is 6.92 Å². The maximum atomic E-state index is 12.5. The number of aromatic carboxylic acids is 1. The molecule has 2 aromatic carbocycles. The van der Waals surface area contributed by atoms with Crippen molar-refractivity contribution < 1.29 is 19.1 Å². The van der Waals surface area contributed by atoms with E-state index in [1.807, 2.05) is 13.0 Å². The van der Waals surface area contributed by atoms with Gasteiger partial charge in [-0.2, -0.15) is 0 Å². The summed E-state index contributed by atoms with van der Waals surface area (Å²) in [7, 11) is 0. The summed E-state index contributed by atoms with van der Waals surface area (Å²) in [6.07, 6.45) is 0. The maximum Gasteiger partial charge on any atom is 0.339 e. The van der Waals surface area contributed by atoms with Crippen LogP contribution < -0.4 is 5.32 Å². The lowest BCUT2D eigenvalue weighted by molar-refractivity contribution is 0.0699. The van der Waals surface area contributed by atoms with Gasteiger partial charge >= 0.3 is 11.9 Å². The first-order valence-corrected chi connectivity index (χ1v) is 9.48. The second kappa shape index (κ2) is 7.10. The van der Waals surface area contributed by atoms with Gasteiger partial charge in [0.05, 0.1) is 0 Å². The van der Waals surface area contributed by atoms with Crippen molar-refractivity contribution >= 4 is 50.9 Å². The Morgan fingerprint density at radius 2 is 1.96 bits per heavy atom. The van der Waals surface area contributed by atoms with Crippen LogP contribution >= 0.6 is 22.9 Å². The number of oxazole rings is 1. The summed E-state index contributed by atoms with van der Waals surface area (Å²) in [6, 6.07) is 12.3. The number of aryl methyl sites for hydroxylation is 1. The third-order valence-corrected chi connectivity index (χ3v) is 5.34. The van der Waals surface area contributed by atoms with Crippen molar-refractivity contribution in [3.63, 3.8) is 0 Å². The summed E-state index contributed by atoms with van der Waals surface area (Å²) in [5.41, 5.74) is 2.98. The number of nitrogens with zero attached hydrogens (tertiary/aromatic N) is 1. The number of rotatable bonds is 4. The minimum atomic E-state index is -1.17. The van der Waals surface area contributed by atoms with E-state index < -0.39 is 11.9 Å². The van der Waals surface area contributed by atoms with Crippen LogP contribution in [0.1, 0.15) is 26.6 Å². The number of aromatic nitrogens is 1. The maximum absolute atomic E-state index is 12.5. The van der Waals surface area contributed by atoms with Crippen molar-refractivity contribution in [2.75, 3.05) is 5.32 Å². The van der Waals surface area contributed by atoms with Gasteiger partial charge in [0.1, 0.15) is 16.1 Å². The summed E-state index contributed by atoms with van der Waals surface area (Å²) in [4.78, 5) is 28.6. The Labute approximate surface area is 168 Å². The van der Waals surface area contributed by atoms with Crippen molar-refractivity contribution in [3.8, 4) is 11.1 Å². The number of carbonyl (C=O) groups excluding carboxylic acids is 1. The Balaban J connectivity index is 1.71. The Morgan fingerprint density at radius 1 is 1.18 bits per heavy atom. The molecule has 28 heavy (non-hydrogen) atoms. The molecule has 0 unspecified atom stereocenters. The third-order valence-electron chi connectivity index (χ3n) is 4.13. The lowest BCUT2D eigenvalue weighted by Gasteiger charge is -2.07. The predicted molar refractivity (Wildman–Crippen MR) is 108 cm³/mol. The van der Waals surface area contributed by atoms with E-state index in [-0.39, 0.29) is 16.5 Å². The topological polar surface area (TPSA) is 92.4 Å². The number of benzene rings is 2. The quantitative estimate of drug-likeness (QED) is 0.463. The highest BCUT2D eigenvalue weighted by Crippen LogP contribution is 2.39. The lowest BCUT2D eigenvalue weighted by atomic mass is 10.0. The Kier molecular flexibility index (Phi) is 4.62. The fourth-order valence-corrected chi connectivity index (χ4v) is 4.11. The van der Waals surface area contributed by atoms with Crippen LogP contribution in [0.3, 0.4) is 0 Å². The number of anilines is 1. The molecule has 0 aliphatic rings. The molecule has 0 atom stereocenters. The first kappa shape index (κ1) is 18.2. The average Bonchev–Trinajstić information content (AvgIpc) is 3.26. The Hall–Kier alpha value is -3.16. The summed E-state index contributed by atoms with van der Waals surface area (Å²) < 4.78 is 5.44. The molecular formula is C20H13ClN2O4S. The van der Waals surface area contributed by atoms with Gasteiger partial charge in [0.25, 0.3) is 5.89 Å². The van der Waals surface area contributed by atoms with E-state index in [0.717, 1.165) is 16.9 Å². The number of fused-ring (bicyclic) bond motifs is 1. The standard InChI is InChI=1S/C20H13ClN2O4S/c1-10-6-7-11(13(21)8-10)12-9-28-19(16(12)20(25)26)23-17(24)18-22-14-4-2-3-5-15(14)27-18/h2-9H,1H3,(H,23,24)(H,25,26). The van der Waals surface area contributed by atoms with E-state index in [0.29, 0.717) is 27.2 Å². The summed E-state index contributed by atoms with van der Waals surface area (Å²) >= 11 is 7.40. The molecule has 0 bridgehead atoms. The largest absolute Gasteiger partial charge is 0.478 e. The first-order valence-electron chi connectivity index (χ1n) is 8.22. The van der Waals surface area contributed by atoms with Crippen LogP contribution in [0.25, 0.3) is 22.2 Å². The van der Waals surface area contributed by atoms with E-state index in [4.69, 9.17) is 16.0 Å². The van der Waals surface area contributed by atoms with Crippen molar-refractivity contribution in [3.05, 3.63) is 69.9 Å². The molecule has 0 aliphatic carbocycles.